The zero-order valence-electron chi connectivity index (χ0n) is 15.3. The summed E-state index contributed by atoms with van der Waals surface area (Å²) in [6.07, 6.45) is -1.52. The summed E-state index contributed by atoms with van der Waals surface area (Å²) >= 11 is 1.03. The first-order valence-electron chi connectivity index (χ1n) is 9.15. The maximum Gasteiger partial charge on any atom is 0.573 e. The fourth-order valence-electron chi connectivity index (χ4n) is 3.34. The fourth-order valence-corrected chi connectivity index (χ4v) is 4.23. The number of carbonyl (C=O) groups is 2. The Labute approximate surface area is 167 Å². The van der Waals surface area contributed by atoms with Crippen LogP contribution in [0.2, 0.25) is 0 Å². The van der Waals surface area contributed by atoms with E-state index in [0.29, 0.717) is 35.9 Å². The molecule has 4 rings (SSSR count). The molecule has 4 N–H and O–H groups in total. The van der Waals surface area contributed by atoms with Gasteiger partial charge in [0.15, 0.2) is 5.13 Å². The SMILES string of the molecule is NCC1(C(=O)NC2(C(=O)Nc3nc4ccc(OC(F)(F)F)cc4s3)CCC2)CC1. The largest absolute Gasteiger partial charge is 0.573 e. The van der Waals surface area contributed by atoms with Crippen LogP contribution in [0.1, 0.15) is 32.1 Å². The lowest BCUT2D eigenvalue weighted by atomic mass is 9.75. The smallest absolute Gasteiger partial charge is 0.406 e. The second kappa shape index (κ2) is 6.84. The molecule has 11 heteroatoms. The number of alkyl halides is 3. The van der Waals surface area contributed by atoms with Crippen molar-refractivity contribution in [3.8, 4) is 5.75 Å². The Morgan fingerprint density at radius 3 is 2.48 bits per heavy atom. The van der Waals surface area contributed by atoms with Crippen LogP contribution in [0.4, 0.5) is 18.3 Å². The Balaban J connectivity index is 1.48. The first-order valence-corrected chi connectivity index (χ1v) is 9.97. The number of amides is 2. The molecule has 0 bridgehead atoms. The average Bonchev–Trinajstić information content (AvgIpc) is 3.31. The summed E-state index contributed by atoms with van der Waals surface area (Å²) in [6.45, 7) is 0.247. The van der Waals surface area contributed by atoms with Crippen LogP contribution in [0.15, 0.2) is 18.2 Å². The molecule has 29 heavy (non-hydrogen) atoms. The highest BCUT2D eigenvalue weighted by Gasteiger charge is 2.53. The molecule has 1 heterocycles. The lowest BCUT2D eigenvalue weighted by Crippen LogP contribution is -2.62. The monoisotopic (exact) mass is 428 g/mol. The van der Waals surface area contributed by atoms with Gasteiger partial charge in [0.05, 0.1) is 15.6 Å². The first kappa shape index (κ1) is 19.9. The van der Waals surface area contributed by atoms with Crippen molar-refractivity contribution < 1.29 is 27.5 Å². The van der Waals surface area contributed by atoms with Gasteiger partial charge in [-0.15, -0.1) is 13.2 Å². The number of aromatic nitrogens is 1. The van der Waals surface area contributed by atoms with E-state index >= 15 is 0 Å². The number of nitrogens with one attached hydrogen (secondary N) is 2. The molecule has 0 unspecified atom stereocenters. The third-order valence-corrected chi connectivity index (χ3v) is 6.47. The van der Waals surface area contributed by atoms with E-state index in [2.05, 4.69) is 20.4 Å². The lowest BCUT2D eigenvalue weighted by Gasteiger charge is -2.41. The van der Waals surface area contributed by atoms with Crippen LogP contribution < -0.4 is 21.1 Å². The summed E-state index contributed by atoms with van der Waals surface area (Å²) in [4.78, 5) is 29.6. The summed E-state index contributed by atoms with van der Waals surface area (Å²) in [7, 11) is 0. The molecule has 2 aliphatic carbocycles. The van der Waals surface area contributed by atoms with Crippen LogP contribution in [0.3, 0.4) is 0 Å². The molecule has 1 aromatic heterocycles. The van der Waals surface area contributed by atoms with Gasteiger partial charge in [-0.05, 0) is 44.2 Å². The highest BCUT2D eigenvalue weighted by Crippen LogP contribution is 2.46. The van der Waals surface area contributed by atoms with Gasteiger partial charge in [0.1, 0.15) is 11.3 Å². The van der Waals surface area contributed by atoms with Crippen molar-refractivity contribution in [2.75, 3.05) is 11.9 Å². The number of rotatable bonds is 6. The third-order valence-electron chi connectivity index (χ3n) is 5.53. The van der Waals surface area contributed by atoms with E-state index in [1.54, 1.807) is 0 Å². The van der Waals surface area contributed by atoms with Crippen LogP contribution in [0.5, 0.6) is 5.75 Å². The number of carbonyl (C=O) groups excluding carboxylic acids is 2. The fraction of sp³-hybridized carbons (Fsp3) is 0.500. The van der Waals surface area contributed by atoms with Gasteiger partial charge in [0.25, 0.3) is 5.91 Å². The zero-order valence-corrected chi connectivity index (χ0v) is 16.1. The van der Waals surface area contributed by atoms with Crippen LogP contribution in [-0.2, 0) is 9.59 Å². The van der Waals surface area contributed by atoms with Gasteiger partial charge in [-0.1, -0.05) is 11.3 Å². The maximum absolute atomic E-state index is 12.9. The van der Waals surface area contributed by atoms with Crippen molar-refractivity contribution in [2.24, 2.45) is 11.1 Å². The number of anilines is 1. The van der Waals surface area contributed by atoms with Crippen LogP contribution in [0, 0.1) is 5.41 Å². The molecular weight excluding hydrogens is 409 g/mol. The van der Waals surface area contributed by atoms with E-state index in [-0.39, 0.29) is 29.2 Å². The third kappa shape index (κ3) is 3.88. The predicted octanol–water partition coefficient (Wildman–Crippen LogP) is 2.91. The van der Waals surface area contributed by atoms with Crippen molar-refractivity contribution in [2.45, 2.75) is 44.0 Å². The summed E-state index contributed by atoms with van der Waals surface area (Å²) in [5, 5.41) is 5.81. The highest BCUT2D eigenvalue weighted by atomic mass is 32.1. The standard InChI is InChI=1S/C18H19F3N4O3S/c19-18(20,21)28-10-2-3-11-12(8-10)29-15(23-11)24-14(27)17(4-1-5-17)25-13(26)16(9-22)6-7-16/h2-3,8H,1,4-7,9,22H2,(H,25,26)(H,23,24,27). The van der Waals surface area contributed by atoms with E-state index in [0.717, 1.165) is 23.8 Å². The minimum absolute atomic E-state index is 0.201. The number of nitrogens with two attached hydrogens (primary N) is 1. The molecule has 2 aromatic rings. The van der Waals surface area contributed by atoms with E-state index in [1.165, 1.54) is 12.1 Å². The number of benzene rings is 1. The van der Waals surface area contributed by atoms with Gasteiger partial charge in [-0.3, -0.25) is 14.9 Å². The van der Waals surface area contributed by atoms with Gasteiger partial charge < -0.3 is 15.8 Å². The normalized spacial score (nSPS) is 19.3. The number of nitrogens with zero attached hydrogens (tertiary/aromatic N) is 1. The molecule has 1 aromatic carbocycles. The second-order valence-corrected chi connectivity index (χ2v) is 8.56. The Morgan fingerprint density at radius 2 is 1.93 bits per heavy atom. The summed E-state index contributed by atoms with van der Waals surface area (Å²) < 4.78 is 41.5. The van der Waals surface area contributed by atoms with Crippen LogP contribution >= 0.6 is 11.3 Å². The topological polar surface area (TPSA) is 106 Å². The minimum atomic E-state index is -4.79. The summed E-state index contributed by atoms with van der Waals surface area (Å²) in [6, 6.07) is 3.77. The van der Waals surface area contributed by atoms with Crippen molar-refractivity contribution in [1.29, 1.82) is 0 Å². The molecule has 0 saturated heterocycles. The van der Waals surface area contributed by atoms with Crippen molar-refractivity contribution in [3.05, 3.63) is 18.2 Å². The van der Waals surface area contributed by atoms with Gasteiger partial charge in [0.2, 0.25) is 5.91 Å². The number of thiazole rings is 1. The Hall–Kier alpha value is -2.40. The van der Waals surface area contributed by atoms with Crippen molar-refractivity contribution in [1.82, 2.24) is 10.3 Å². The Kier molecular flexibility index (Phi) is 4.69. The Bertz CT molecular complexity index is 967. The minimum Gasteiger partial charge on any atom is -0.406 e. The van der Waals surface area contributed by atoms with Gasteiger partial charge in [-0.2, -0.15) is 0 Å². The van der Waals surface area contributed by atoms with Gasteiger partial charge in [0, 0.05) is 12.6 Å². The number of hydrogen-bond acceptors (Lipinski definition) is 6. The molecule has 0 spiro atoms. The van der Waals surface area contributed by atoms with Crippen LogP contribution in [0.25, 0.3) is 10.2 Å². The summed E-state index contributed by atoms with van der Waals surface area (Å²) in [5.41, 5.74) is 4.57. The van der Waals surface area contributed by atoms with E-state index < -0.39 is 17.3 Å². The molecule has 2 saturated carbocycles. The quantitative estimate of drug-likeness (QED) is 0.656. The molecule has 156 valence electrons. The van der Waals surface area contributed by atoms with Crippen LogP contribution in [-0.4, -0.2) is 35.2 Å². The van der Waals surface area contributed by atoms with E-state index in [1.807, 2.05) is 0 Å². The number of halogens is 3. The highest BCUT2D eigenvalue weighted by molar-refractivity contribution is 7.22. The van der Waals surface area contributed by atoms with Crippen molar-refractivity contribution in [3.63, 3.8) is 0 Å². The molecule has 0 atom stereocenters. The lowest BCUT2D eigenvalue weighted by molar-refractivity contribution is -0.274. The molecule has 0 radical (unpaired) electrons. The molecular formula is C18H19F3N4O3S. The molecule has 2 aliphatic rings. The summed E-state index contributed by atoms with van der Waals surface area (Å²) in [5.74, 6) is -0.936. The average molecular weight is 428 g/mol. The van der Waals surface area contributed by atoms with Gasteiger partial charge in [-0.25, -0.2) is 4.98 Å². The molecule has 0 aliphatic heterocycles. The maximum atomic E-state index is 12.9. The number of ether oxygens (including phenoxy) is 1. The van der Waals surface area contributed by atoms with Crippen molar-refractivity contribution >= 4 is 38.5 Å². The van der Waals surface area contributed by atoms with E-state index in [4.69, 9.17) is 5.73 Å². The van der Waals surface area contributed by atoms with Gasteiger partial charge >= 0.3 is 6.36 Å². The Morgan fingerprint density at radius 1 is 1.21 bits per heavy atom. The number of fused-ring (bicyclic) bond motifs is 1. The van der Waals surface area contributed by atoms with E-state index in [9.17, 15) is 22.8 Å². The predicted molar refractivity (Wildman–Crippen MR) is 100 cm³/mol. The molecule has 7 nitrogen and oxygen atoms in total. The zero-order chi connectivity index (χ0) is 20.9. The molecule has 2 amide bonds. The second-order valence-electron chi connectivity index (χ2n) is 7.52. The first-order chi connectivity index (χ1) is 13.6. The molecule has 2 fully saturated rings. The number of hydrogen-bond donors (Lipinski definition) is 3.